The van der Waals surface area contributed by atoms with Gasteiger partial charge in [0.05, 0.1) is 10.9 Å². The second-order valence-corrected chi connectivity index (χ2v) is 8.76. The third kappa shape index (κ3) is 9.47. The lowest BCUT2D eigenvalue weighted by Gasteiger charge is -2.19. The lowest BCUT2D eigenvalue weighted by atomic mass is 10.1. The van der Waals surface area contributed by atoms with Crippen molar-refractivity contribution in [2.75, 3.05) is 6.54 Å². The minimum atomic E-state index is -4.30. The van der Waals surface area contributed by atoms with E-state index in [-0.39, 0.29) is 4.90 Å². The van der Waals surface area contributed by atoms with Gasteiger partial charge in [0.1, 0.15) is 5.60 Å². The molecular weight excluding hydrogens is 396 g/mol. The van der Waals surface area contributed by atoms with Gasteiger partial charge in [-0.3, -0.25) is 4.79 Å². The lowest BCUT2D eigenvalue weighted by Crippen LogP contribution is -2.41. The SMILES string of the molecule is [3H]C([3H])(CNC(=O)OC(C)(C)C)C([3H])([3H])C[C@H](NS(=O)(=O)c1ccc(C)cc1)C(=O)C=[N+]=[N-]. The zero-order valence-electron chi connectivity index (χ0n) is 20.7. The summed E-state index contributed by atoms with van der Waals surface area (Å²) < 4.78 is 64.8. The van der Waals surface area contributed by atoms with Crippen molar-refractivity contribution in [3.8, 4) is 0 Å². The molecule has 0 spiro atoms. The van der Waals surface area contributed by atoms with Gasteiger partial charge in [0.2, 0.25) is 10.0 Å². The van der Waals surface area contributed by atoms with Crippen LogP contribution >= 0.6 is 0 Å². The van der Waals surface area contributed by atoms with Gasteiger partial charge in [-0.2, -0.15) is 9.51 Å². The molecule has 0 unspecified atom stereocenters. The summed E-state index contributed by atoms with van der Waals surface area (Å²) in [6, 6.07) is 3.84. The molecular formula is C19H28N4O5S. The first-order valence-corrected chi connectivity index (χ1v) is 10.2. The van der Waals surface area contributed by atoms with Crippen LogP contribution in [0, 0.1) is 6.92 Å². The van der Waals surface area contributed by atoms with E-state index in [0.29, 0.717) is 6.21 Å². The average molecular weight is 433 g/mol. The van der Waals surface area contributed by atoms with Gasteiger partial charge in [-0.15, -0.1) is 0 Å². The Balaban J connectivity index is 3.10. The van der Waals surface area contributed by atoms with Gasteiger partial charge in [0.25, 0.3) is 5.78 Å². The molecule has 0 heterocycles. The van der Waals surface area contributed by atoms with Crippen molar-refractivity contribution in [3.63, 3.8) is 0 Å². The maximum absolute atomic E-state index is 12.7. The van der Waals surface area contributed by atoms with Gasteiger partial charge in [0, 0.05) is 12.0 Å². The molecule has 2 N–H and O–H groups in total. The highest BCUT2D eigenvalue weighted by molar-refractivity contribution is 7.89. The molecule has 0 aliphatic rings. The van der Waals surface area contributed by atoms with Crippen LogP contribution in [0.4, 0.5) is 4.79 Å². The Morgan fingerprint density at radius 1 is 1.28 bits per heavy atom. The van der Waals surface area contributed by atoms with Crippen molar-refractivity contribution < 1.29 is 33.0 Å². The van der Waals surface area contributed by atoms with Gasteiger partial charge in [-0.05, 0) is 59.0 Å². The van der Waals surface area contributed by atoms with Crippen molar-refractivity contribution in [2.45, 2.75) is 63.4 Å². The summed E-state index contributed by atoms with van der Waals surface area (Å²) in [6.07, 6.45) is -7.06. The van der Waals surface area contributed by atoms with Crippen LogP contribution in [-0.4, -0.2) is 49.5 Å². The lowest BCUT2D eigenvalue weighted by molar-refractivity contribution is -0.117. The second kappa shape index (κ2) is 10.8. The fourth-order valence-corrected chi connectivity index (χ4v) is 3.19. The summed E-state index contributed by atoms with van der Waals surface area (Å²) >= 11 is 0. The molecule has 0 aromatic heterocycles. The smallest absolute Gasteiger partial charge is 0.407 e. The number of rotatable bonds is 10. The van der Waals surface area contributed by atoms with Gasteiger partial charge in [-0.1, -0.05) is 17.7 Å². The molecule has 29 heavy (non-hydrogen) atoms. The zero-order valence-corrected chi connectivity index (χ0v) is 17.5. The number of sulfonamides is 1. The van der Waals surface area contributed by atoms with Crippen molar-refractivity contribution in [2.24, 2.45) is 0 Å². The normalized spacial score (nSPS) is 15.6. The number of ether oxygens (including phenoxy) is 1. The monoisotopic (exact) mass is 432 g/mol. The number of hydrogen-bond donors (Lipinski definition) is 2. The Morgan fingerprint density at radius 2 is 1.90 bits per heavy atom. The number of benzene rings is 1. The van der Waals surface area contributed by atoms with Crippen molar-refractivity contribution in [1.29, 1.82) is 0 Å². The number of carbonyl (C=O) groups excluding carboxylic acids is 2. The minimum absolute atomic E-state index is 0.193. The van der Waals surface area contributed by atoms with Crippen LogP contribution in [0.1, 0.15) is 51.0 Å². The van der Waals surface area contributed by atoms with E-state index in [1.165, 1.54) is 24.3 Å². The number of nitrogens with zero attached hydrogens (tertiary/aromatic N) is 2. The Bertz CT molecular complexity index is 1020. The van der Waals surface area contributed by atoms with E-state index in [1.54, 1.807) is 27.7 Å². The van der Waals surface area contributed by atoms with Gasteiger partial charge < -0.3 is 15.6 Å². The molecule has 0 aliphatic heterocycles. The molecule has 1 aromatic carbocycles. The van der Waals surface area contributed by atoms with E-state index < -0.39 is 59.3 Å². The Morgan fingerprint density at radius 3 is 2.45 bits per heavy atom. The fourth-order valence-electron chi connectivity index (χ4n) is 1.99. The van der Waals surface area contributed by atoms with E-state index in [9.17, 15) is 18.0 Å². The fraction of sp³-hybridized carbons (Fsp3) is 0.526. The first-order chi connectivity index (χ1) is 14.9. The van der Waals surface area contributed by atoms with Gasteiger partial charge in [-0.25, -0.2) is 13.2 Å². The Labute approximate surface area is 177 Å². The molecule has 0 radical (unpaired) electrons. The summed E-state index contributed by atoms with van der Waals surface area (Å²) in [5.41, 5.74) is 8.60. The summed E-state index contributed by atoms with van der Waals surface area (Å²) in [4.78, 5) is 26.5. The number of amides is 1. The van der Waals surface area contributed by atoms with Crippen LogP contribution in [0.3, 0.4) is 0 Å². The average Bonchev–Trinajstić information content (AvgIpc) is 2.64. The van der Waals surface area contributed by atoms with Crippen LogP contribution < -0.4 is 10.0 Å². The number of alkyl carbamates (subject to hydrolysis) is 1. The summed E-state index contributed by atoms with van der Waals surface area (Å²) in [7, 11) is -4.30. The third-order valence-electron chi connectivity index (χ3n) is 3.31. The molecule has 10 heteroatoms. The van der Waals surface area contributed by atoms with Gasteiger partial charge >= 0.3 is 12.3 Å². The summed E-state index contributed by atoms with van der Waals surface area (Å²) in [5.74, 6) is -1.09. The van der Waals surface area contributed by atoms with E-state index in [4.69, 9.17) is 15.8 Å². The summed E-state index contributed by atoms with van der Waals surface area (Å²) in [5, 5.41) is 2.13. The maximum atomic E-state index is 12.7. The molecule has 0 bridgehead atoms. The molecule has 1 aromatic rings. The van der Waals surface area contributed by atoms with Crippen LogP contribution in [0.15, 0.2) is 29.2 Å². The quantitative estimate of drug-likeness (QED) is 0.332. The standard InChI is InChI=1S/C19H28N4O5S/c1-14-8-10-15(11-9-14)29(26,27)23-16(17(24)13-22-20)7-5-6-12-21-18(25)28-19(2,3)4/h8-11,13,16,23H,5-7,12H2,1-4H3,(H,21,25)/t16-/m0/s1/i5T2,6T2. The predicted molar refractivity (Wildman–Crippen MR) is 108 cm³/mol. The number of nitrogens with one attached hydrogen (secondary N) is 2. The Hall–Kier alpha value is -2.55. The Kier molecular flexibility index (Phi) is 6.91. The highest BCUT2D eigenvalue weighted by atomic mass is 32.2. The van der Waals surface area contributed by atoms with E-state index in [2.05, 4.69) is 10.1 Å². The van der Waals surface area contributed by atoms with Crippen LogP contribution in [0.5, 0.6) is 0 Å². The second-order valence-electron chi connectivity index (χ2n) is 7.05. The van der Waals surface area contributed by atoms with Crippen molar-refractivity contribution in [3.05, 3.63) is 35.4 Å². The predicted octanol–water partition coefficient (Wildman–Crippen LogP) is 2.21. The first-order valence-electron chi connectivity index (χ1n) is 10.7. The highest BCUT2D eigenvalue weighted by Crippen LogP contribution is 2.13. The molecule has 0 saturated heterocycles. The largest absolute Gasteiger partial charge is 0.444 e. The molecule has 9 nitrogen and oxygen atoms in total. The van der Waals surface area contributed by atoms with Crippen LogP contribution in [0.2, 0.25) is 0 Å². The first kappa shape index (κ1) is 18.5. The summed E-state index contributed by atoms with van der Waals surface area (Å²) in [6.45, 7) is 5.73. The zero-order chi connectivity index (χ0) is 25.7. The van der Waals surface area contributed by atoms with Crippen LogP contribution in [0.25, 0.3) is 5.53 Å². The number of hydrogen-bond acceptors (Lipinski definition) is 5. The molecule has 1 atom stereocenters. The van der Waals surface area contributed by atoms with E-state index in [1.807, 2.05) is 4.72 Å². The number of aryl methyl sites for hydroxylation is 1. The maximum Gasteiger partial charge on any atom is 0.407 e. The minimum Gasteiger partial charge on any atom is -0.444 e. The molecule has 160 valence electrons. The number of carbonyl (C=O) groups is 2. The molecule has 1 rings (SSSR count). The topological polar surface area (TPSA) is 138 Å². The number of Topliss-reactive ketones (excluding diaryl/α,β-unsaturated/α-hetero) is 1. The molecule has 0 saturated carbocycles. The molecule has 0 aliphatic carbocycles. The highest BCUT2D eigenvalue weighted by Gasteiger charge is 2.26. The third-order valence-corrected chi connectivity index (χ3v) is 4.80. The van der Waals surface area contributed by atoms with Gasteiger partial charge in [0.15, 0.2) is 0 Å². The molecule has 0 fully saturated rings. The van der Waals surface area contributed by atoms with E-state index >= 15 is 0 Å². The number of ketones is 1. The van der Waals surface area contributed by atoms with Crippen molar-refractivity contribution >= 4 is 28.1 Å². The molecule has 1 amide bonds. The van der Waals surface area contributed by atoms with Crippen molar-refractivity contribution in [1.82, 2.24) is 10.0 Å². The van der Waals surface area contributed by atoms with E-state index in [0.717, 1.165) is 5.56 Å². The van der Waals surface area contributed by atoms with Crippen LogP contribution in [-0.2, 0) is 19.6 Å².